The summed E-state index contributed by atoms with van der Waals surface area (Å²) in [4.78, 5) is 40.2. The van der Waals surface area contributed by atoms with E-state index < -0.39 is 22.9 Å². The summed E-state index contributed by atoms with van der Waals surface area (Å²) < 4.78 is 8.29. The van der Waals surface area contributed by atoms with E-state index in [1.165, 1.54) is 16.8 Å². The molecule has 2 aromatic heterocycles. The van der Waals surface area contributed by atoms with Gasteiger partial charge in [0.2, 0.25) is 11.8 Å². The van der Waals surface area contributed by atoms with Gasteiger partial charge in [0, 0.05) is 37.3 Å². The molecule has 0 atom stereocenters. The molecule has 2 amide bonds. The molecule has 2 aliphatic rings. The Morgan fingerprint density at radius 1 is 1.36 bits per heavy atom. The standard InChI is InChI=1S/C23H31N5O5/c1-14(2)12-27-20-15(5-8-17(29)26-9-10-33-23(3,4)13-26)11-24-28(20)22(32)18(21(27)31)19(30)25-16-6-7-16/h5,8,11,14,16,31H,6-7,9-10,12-13H2,1-4H3,(H,25,30). The molecule has 178 valence electrons. The molecule has 2 N–H and O–H groups in total. The molecule has 0 aromatic carbocycles. The minimum Gasteiger partial charge on any atom is -0.494 e. The summed E-state index contributed by atoms with van der Waals surface area (Å²) in [6.07, 6.45) is 6.21. The van der Waals surface area contributed by atoms with Gasteiger partial charge in [0.15, 0.2) is 5.56 Å². The molecule has 1 aliphatic carbocycles. The summed E-state index contributed by atoms with van der Waals surface area (Å²) in [5.41, 5.74) is -0.590. The van der Waals surface area contributed by atoms with Crippen LogP contribution in [0.15, 0.2) is 17.1 Å². The molecule has 0 unspecified atom stereocenters. The van der Waals surface area contributed by atoms with Gasteiger partial charge in [-0.1, -0.05) is 13.8 Å². The van der Waals surface area contributed by atoms with Crippen molar-refractivity contribution in [3.8, 4) is 5.88 Å². The Morgan fingerprint density at radius 2 is 2.09 bits per heavy atom. The second-order valence-corrected chi connectivity index (χ2v) is 9.79. The maximum atomic E-state index is 13.1. The average molecular weight is 458 g/mol. The lowest BCUT2D eigenvalue weighted by Gasteiger charge is -2.37. The number of amides is 2. The van der Waals surface area contributed by atoms with Crippen LogP contribution in [-0.2, 0) is 16.1 Å². The molecule has 0 radical (unpaired) electrons. The summed E-state index contributed by atoms with van der Waals surface area (Å²) in [6.45, 7) is 9.61. The van der Waals surface area contributed by atoms with Gasteiger partial charge >= 0.3 is 0 Å². The molecule has 4 rings (SSSR count). The van der Waals surface area contributed by atoms with E-state index in [1.54, 1.807) is 11.0 Å². The summed E-state index contributed by atoms with van der Waals surface area (Å²) in [5, 5.41) is 17.9. The fourth-order valence-electron chi connectivity index (χ4n) is 4.02. The second-order valence-electron chi connectivity index (χ2n) is 9.79. The molecule has 1 saturated heterocycles. The third-order valence-corrected chi connectivity index (χ3v) is 5.74. The predicted molar refractivity (Wildman–Crippen MR) is 122 cm³/mol. The molecule has 0 spiro atoms. The van der Waals surface area contributed by atoms with E-state index >= 15 is 0 Å². The highest BCUT2D eigenvalue weighted by atomic mass is 16.5. The highest BCUT2D eigenvalue weighted by Crippen LogP contribution is 2.25. The fraction of sp³-hybridized carbons (Fsp3) is 0.565. The van der Waals surface area contributed by atoms with Crippen molar-refractivity contribution in [2.24, 2.45) is 5.92 Å². The largest absolute Gasteiger partial charge is 0.494 e. The Labute approximate surface area is 191 Å². The summed E-state index contributed by atoms with van der Waals surface area (Å²) >= 11 is 0. The van der Waals surface area contributed by atoms with Crippen LogP contribution in [0.4, 0.5) is 0 Å². The zero-order valence-electron chi connectivity index (χ0n) is 19.5. The molecule has 1 aliphatic heterocycles. The highest BCUT2D eigenvalue weighted by Gasteiger charge is 2.31. The van der Waals surface area contributed by atoms with Crippen LogP contribution < -0.4 is 10.9 Å². The predicted octanol–water partition coefficient (Wildman–Crippen LogP) is 1.40. The second kappa shape index (κ2) is 8.66. The Balaban J connectivity index is 1.72. The van der Waals surface area contributed by atoms with Crippen LogP contribution in [0.1, 0.15) is 56.5 Å². The molecule has 33 heavy (non-hydrogen) atoms. The maximum absolute atomic E-state index is 13.1. The van der Waals surface area contributed by atoms with Gasteiger partial charge in [0.05, 0.1) is 18.4 Å². The normalized spacial score (nSPS) is 18.4. The lowest BCUT2D eigenvalue weighted by Crippen LogP contribution is -2.50. The number of carbonyl (C=O) groups is 2. The van der Waals surface area contributed by atoms with Crippen LogP contribution in [0.25, 0.3) is 11.7 Å². The van der Waals surface area contributed by atoms with Crippen molar-refractivity contribution in [2.45, 2.75) is 58.7 Å². The molecule has 0 bridgehead atoms. The van der Waals surface area contributed by atoms with E-state index in [-0.39, 0.29) is 23.4 Å². The zero-order chi connectivity index (χ0) is 23.9. The van der Waals surface area contributed by atoms with Crippen LogP contribution in [-0.4, -0.2) is 67.3 Å². The molecule has 2 fully saturated rings. The SMILES string of the molecule is CC(C)Cn1c(O)c(C(=O)NC2CC2)c(=O)n2ncc(C=CC(=O)N3CCOC(C)(C)C3)c12. The molecule has 10 heteroatoms. The average Bonchev–Trinajstić information content (AvgIpc) is 3.44. The zero-order valence-corrected chi connectivity index (χ0v) is 19.5. The first-order chi connectivity index (χ1) is 15.6. The number of aromatic hydroxyl groups is 1. The molecule has 1 saturated carbocycles. The number of nitrogens with zero attached hydrogens (tertiary/aromatic N) is 4. The van der Waals surface area contributed by atoms with Gasteiger partial charge in [0.25, 0.3) is 11.5 Å². The van der Waals surface area contributed by atoms with Crippen molar-refractivity contribution >= 4 is 23.5 Å². The smallest absolute Gasteiger partial charge is 0.291 e. The van der Waals surface area contributed by atoms with Crippen molar-refractivity contribution in [3.63, 3.8) is 0 Å². The Morgan fingerprint density at radius 3 is 2.73 bits per heavy atom. The Hall–Kier alpha value is -3.14. The fourth-order valence-corrected chi connectivity index (χ4v) is 4.02. The van der Waals surface area contributed by atoms with Gasteiger partial charge in [-0.3, -0.25) is 19.0 Å². The number of hydrogen-bond donors (Lipinski definition) is 2. The first-order valence-corrected chi connectivity index (χ1v) is 11.3. The van der Waals surface area contributed by atoms with E-state index in [1.807, 2.05) is 27.7 Å². The van der Waals surface area contributed by atoms with Gasteiger partial charge in [-0.05, 0) is 38.7 Å². The topological polar surface area (TPSA) is 118 Å². The van der Waals surface area contributed by atoms with E-state index in [4.69, 9.17) is 4.74 Å². The first kappa shape index (κ1) is 23.0. The number of hydrogen-bond acceptors (Lipinski definition) is 6. The van der Waals surface area contributed by atoms with E-state index in [9.17, 15) is 19.5 Å². The van der Waals surface area contributed by atoms with Gasteiger partial charge in [0.1, 0.15) is 5.65 Å². The number of fused-ring (bicyclic) bond motifs is 1. The summed E-state index contributed by atoms with van der Waals surface area (Å²) in [7, 11) is 0. The minimum absolute atomic E-state index is 0.0397. The number of carbonyl (C=O) groups excluding carboxylic acids is 2. The van der Waals surface area contributed by atoms with E-state index in [0.29, 0.717) is 37.5 Å². The molecule has 10 nitrogen and oxygen atoms in total. The summed E-state index contributed by atoms with van der Waals surface area (Å²) in [6, 6.07) is 0.0397. The van der Waals surface area contributed by atoms with Crippen molar-refractivity contribution in [3.05, 3.63) is 33.8 Å². The number of morpholine rings is 1. The van der Waals surface area contributed by atoms with Crippen LogP contribution >= 0.6 is 0 Å². The number of rotatable bonds is 6. The van der Waals surface area contributed by atoms with Crippen molar-refractivity contribution < 1.29 is 19.4 Å². The minimum atomic E-state index is -0.693. The monoisotopic (exact) mass is 457 g/mol. The van der Waals surface area contributed by atoms with Gasteiger partial charge in [-0.25, -0.2) is 0 Å². The number of aromatic nitrogens is 3. The Kier molecular flexibility index (Phi) is 6.04. The molecule has 3 heterocycles. The van der Waals surface area contributed by atoms with Crippen LogP contribution in [0.5, 0.6) is 5.88 Å². The first-order valence-electron chi connectivity index (χ1n) is 11.3. The van der Waals surface area contributed by atoms with Crippen molar-refractivity contribution in [1.29, 1.82) is 0 Å². The van der Waals surface area contributed by atoms with Gasteiger partial charge in [-0.2, -0.15) is 9.61 Å². The lowest BCUT2D eigenvalue weighted by atomic mass is 10.1. The quantitative estimate of drug-likeness (QED) is 0.633. The van der Waals surface area contributed by atoms with E-state index in [0.717, 1.165) is 17.4 Å². The van der Waals surface area contributed by atoms with Crippen LogP contribution in [0, 0.1) is 5.92 Å². The molecular weight excluding hydrogens is 426 g/mol. The third kappa shape index (κ3) is 4.80. The molecular formula is C23H31N5O5. The lowest BCUT2D eigenvalue weighted by molar-refractivity contribution is -0.140. The van der Waals surface area contributed by atoms with Crippen molar-refractivity contribution in [2.75, 3.05) is 19.7 Å². The number of ether oxygens (including phenoxy) is 1. The highest BCUT2D eigenvalue weighted by molar-refractivity contribution is 5.97. The van der Waals surface area contributed by atoms with E-state index in [2.05, 4.69) is 10.4 Å². The van der Waals surface area contributed by atoms with Crippen molar-refractivity contribution in [1.82, 2.24) is 24.4 Å². The maximum Gasteiger partial charge on any atom is 0.291 e. The van der Waals surface area contributed by atoms with Crippen LogP contribution in [0.3, 0.4) is 0 Å². The molecule has 2 aromatic rings. The number of nitrogens with one attached hydrogen (secondary N) is 1. The van der Waals surface area contributed by atoms with Gasteiger partial charge < -0.3 is 20.1 Å². The van der Waals surface area contributed by atoms with Gasteiger partial charge in [-0.15, -0.1) is 0 Å². The third-order valence-electron chi connectivity index (χ3n) is 5.74. The Bertz CT molecular complexity index is 1170. The summed E-state index contributed by atoms with van der Waals surface area (Å²) in [5.74, 6) is -1.05. The van der Waals surface area contributed by atoms with Crippen LogP contribution in [0.2, 0.25) is 0 Å².